The van der Waals surface area contributed by atoms with Crippen LogP contribution in [-0.2, 0) is 4.74 Å². The highest BCUT2D eigenvalue weighted by Gasteiger charge is 2.17. The van der Waals surface area contributed by atoms with Crippen LogP contribution in [0.1, 0.15) is 0 Å². The summed E-state index contributed by atoms with van der Waals surface area (Å²) in [5.41, 5.74) is 0. The summed E-state index contributed by atoms with van der Waals surface area (Å²) >= 11 is 0. The molecule has 1 heterocycles. The maximum atomic E-state index is 11.2. The van der Waals surface area contributed by atoms with Crippen LogP contribution in [0.2, 0.25) is 0 Å². The molecule has 17 heavy (non-hydrogen) atoms. The second-order valence-corrected chi connectivity index (χ2v) is 4.27. The minimum Gasteiger partial charge on any atom is -0.383 e. The molecule has 0 aromatic heterocycles. The lowest BCUT2D eigenvalue weighted by Gasteiger charge is -2.17. The van der Waals surface area contributed by atoms with Crippen LogP contribution < -0.4 is 10.6 Å². The number of likely N-dealkylation sites (N-methyl/N-ethyl adjacent to an activating group) is 1. The molecule has 1 saturated heterocycles. The van der Waals surface area contributed by atoms with Gasteiger partial charge in [0, 0.05) is 52.9 Å². The highest BCUT2D eigenvalue weighted by atomic mass is 16.5. The van der Waals surface area contributed by atoms with E-state index < -0.39 is 0 Å². The maximum absolute atomic E-state index is 11.2. The van der Waals surface area contributed by atoms with Gasteiger partial charge in [-0.3, -0.25) is 0 Å². The van der Waals surface area contributed by atoms with Crippen LogP contribution in [0.4, 0.5) is 4.79 Å². The Morgan fingerprint density at radius 3 is 2.94 bits per heavy atom. The standard InChI is InChI=1S/C11H24N4O2/c1-14(9-10-17-2)6-3-12-4-7-15-8-5-13-11(15)16/h12H,3-10H2,1-2H3,(H,13,16). The molecule has 1 aliphatic heterocycles. The minimum atomic E-state index is 0.0593. The number of methoxy groups -OCH3 is 1. The van der Waals surface area contributed by atoms with Crippen molar-refractivity contribution in [2.24, 2.45) is 0 Å². The molecule has 0 spiro atoms. The van der Waals surface area contributed by atoms with Gasteiger partial charge < -0.3 is 25.2 Å². The van der Waals surface area contributed by atoms with Gasteiger partial charge >= 0.3 is 6.03 Å². The summed E-state index contributed by atoms with van der Waals surface area (Å²) in [6.45, 7) is 6.90. The largest absolute Gasteiger partial charge is 0.383 e. The Morgan fingerprint density at radius 1 is 1.47 bits per heavy atom. The number of amides is 2. The second-order valence-electron chi connectivity index (χ2n) is 4.27. The fraction of sp³-hybridized carbons (Fsp3) is 0.909. The van der Waals surface area contributed by atoms with E-state index in [1.54, 1.807) is 7.11 Å². The lowest BCUT2D eigenvalue weighted by Crippen LogP contribution is -2.37. The summed E-state index contributed by atoms with van der Waals surface area (Å²) in [6, 6.07) is 0.0593. The number of hydrogen-bond donors (Lipinski definition) is 2. The van der Waals surface area contributed by atoms with E-state index in [-0.39, 0.29) is 6.03 Å². The number of nitrogens with zero attached hydrogens (tertiary/aromatic N) is 2. The van der Waals surface area contributed by atoms with Gasteiger partial charge in [-0.25, -0.2) is 4.79 Å². The Morgan fingerprint density at radius 2 is 2.29 bits per heavy atom. The summed E-state index contributed by atoms with van der Waals surface area (Å²) in [7, 11) is 3.79. The summed E-state index contributed by atoms with van der Waals surface area (Å²) in [5.74, 6) is 0. The fourth-order valence-corrected chi connectivity index (χ4v) is 1.69. The molecule has 0 aromatic carbocycles. The van der Waals surface area contributed by atoms with Crippen molar-refractivity contribution < 1.29 is 9.53 Å². The summed E-state index contributed by atoms with van der Waals surface area (Å²) in [4.78, 5) is 15.3. The highest BCUT2D eigenvalue weighted by molar-refractivity contribution is 5.76. The lowest BCUT2D eigenvalue weighted by atomic mass is 10.4. The van der Waals surface area contributed by atoms with E-state index in [1.807, 2.05) is 4.90 Å². The lowest BCUT2D eigenvalue weighted by molar-refractivity contribution is 0.161. The van der Waals surface area contributed by atoms with E-state index in [1.165, 1.54) is 0 Å². The molecule has 0 bridgehead atoms. The first-order valence-electron chi connectivity index (χ1n) is 6.15. The predicted molar refractivity (Wildman–Crippen MR) is 67.2 cm³/mol. The van der Waals surface area contributed by atoms with Crippen LogP contribution >= 0.6 is 0 Å². The highest BCUT2D eigenvalue weighted by Crippen LogP contribution is 1.94. The molecule has 0 radical (unpaired) electrons. The third-order valence-electron chi connectivity index (χ3n) is 2.85. The van der Waals surface area contributed by atoms with Crippen LogP contribution in [-0.4, -0.2) is 82.4 Å². The number of carbonyl (C=O) groups excluding carboxylic acids is 1. The summed E-state index contributed by atoms with van der Waals surface area (Å²) in [6.07, 6.45) is 0. The zero-order valence-corrected chi connectivity index (χ0v) is 10.9. The van der Waals surface area contributed by atoms with Gasteiger partial charge in [0.15, 0.2) is 0 Å². The van der Waals surface area contributed by atoms with Gasteiger partial charge in [-0.05, 0) is 7.05 Å². The van der Waals surface area contributed by atoms with Crippen molar-refractivity contribution in [3.63, 3.8) is 0 Å². The molecule has 100 valence electrons. The minimum absolute atomic E-state index is 0.0593. The van der Waals surface area contributed by atoms with Crippen molar-refractivity contribution in [2.75, 3.05) is 66.6 Å². The molecule has 6 nitrogen and oxygen atoms in total. The average Bonchev–Trinajstić information content (AvgIpc) is 2.72. The second kappa shape index (κ2) is 8.27. The number of hydrogen-bond acceptors (Lipinski definition) is 4. The summed E-state index contributed by atoms with van der Waals surface area (Å²) < 4.78 is 5.01. The molecule has 1 fully saturated rings. The van der Waals surface area contributed by atoms with Crippen molar-refractivity contribution in [3.8, 4) is 0 Å². The van der Waals surface area contributed by atoms with E-state index in [0.717, 1.165) is 52.4 Å². The third kappa shape index (κ3) is 5.86. The Kier molecular flexibility index (Phi) is 6.91. The third-order valence-corrected chi connectivity index (χ3v) is 2.85. The zero-order valence-electron chi connectivity index (χ0n) is 10.9. The molecule has 0 atom stereocenters. The average molecular weight is 244 g/mol. The molecule has 1 aliphatic rings. The zero-order chi connectivity index (χ0) is 12.5. The topological polar surface area (TPSA) is 56.8 Å². The van der Waals surface area contributed by atoms with Gasteiger partial charge in [0.2, 0.25) is 0 Å². The number of ether oxygens (including phenoxy) is 1. The van der Waals surface area contributed by atoms with Crippen LogP contribution in [0.25, 0.3) is 0 Å². The molecule has 0 saturated carbocycles. The molecule has 2 N–H and O–H groups in total. The van der Waals surface area contributed by atoms with Crippen LogP contribution in [0, 0.1) is 0 Å². The molecular formula is C11H24N4O2. The molecular weight excluding hydrogens is 220 g/mol. The van der Waals surface area contributed by atoms with Gasteiger partial charge in [-0.2, -0.15) is 0 Å². The smallest absolute Gasteiger partial charge is 0.317 e. The molecule has 0 aliphatic carbocycles. The van der Waals surface area contributed by atoms with E-state index in [2.05, 4.69) is 22.6 Å². The fourth-order valence-electron chi connectivity index (χ4n) is 1.69. The van der Waals surface area contributed by atoms with Gasteiger partial charge in [0.05, 0.1) is 6.61 Å². The first-order chi connectivity index (χ1) is 8.24. The van der Waals surface area contributed by atoms with Gasteiger partial charge in [-0.15, -0.1) is 0 Å². The van der Waals surface area contributed by atoms with Crippen LogP contribution in [0.3, 0.4) is 0 Å². The summed E-state index contributed by atoms with van der Waals surface area (Å²) in [5, 5.41) is 6.13. The maximum Gasteiger partial charge on any atom is 0.317 e. The molecule has 0 aromatic rings. The first-order valence-corrected chi connectivity index (χ1v) is 6.15. The van der Waals surface area contributed by atoms with E-state index >= 15 is 0 Å². The van der Waals surface area contributed by atoms with Crippen LogP contribution in [0.5, 0.6) is 0 Å². The van der Waals surface area contributed by atoms with Gasteiger partial charge in [0.1, 0.15) is 0 Å². The number of urea groups is 1. The van der Waals surface area contributed by atoms with Crippen molar-refractivity contribution in [1.29, 1.82) is 0 Å². The van der Waals surface area contributed by atoms with Crippen molar-refractivity contribution >= 4 is 6.03 Å². The normalized spacial score (nSPS) is 15.7. The van der Waals surface area contributed by atoms with Crippen molar-refractivity contribution in [3.05, 3.63) is 0 Å². The van der Waals surface area contributed by atoms with Crippen molar-refractivity contribution in [1.82, 2.24) is 20.4 Å². The van der Waals surface area contributed by atoms with Gasteiger partial charge in [-0.1, -0.05) is 0 Å². The molecule has 1 rings (SSSR count). The molecule has 6 heteroatoms. The quantitative estimate of drug-likeness (QED) is 0.520. The Bertz CT molecular complexity index is 226. The van der Waals surface area contributed by atoms with Crippen LogP contribution in [0.15, 0.2) is 0 Å². The Hall–Kier alpha value is -0.850. The van der Waals surface area contributed by atoms with Crippen molar-refractivity contribution in [2.45, 2.75) is 0 Å². The Balaban J connectivity index is 1.92. The number of nitrogens with one attached hydrogen (secondary N) is 2. The predicted octanol–water partition coefficient (Wildman–Crippen LogP) is -0.821. The number of carbonyl (C=O) groups is 1. The van der Waals surface area contributed by atoms with E-state index in [9.17, 15) is 4.79 Å². The molecule has 0 unspecified atom stereocenters. The SMILES string of the molecule is COCCN(C)CCNCCN1CCNC1=O. The van der Waals surface area contributed by atoms with E-state index in [0.29, 0.717) is 0 Å². The van der Waals surface area contributed by atoms with Gasteiger partial charge in [0.25, 0.3) is 0 Å². The van der Waals surface area contributed by atoms with E-state index in [4.69, 9.17) is 4.74 Å². The monoisotopic (exact) mass is 244 g/mol. The number of rotatable bonds is 9. The molecule has 2 amide bonds. The Labute approximate surface area is 103 Å². The first kappa shape index (κ1) is 14.2.